The molecule has 1 aromatic heterocycles. The van der Waals surface area contributed by atoms with Gasteiger partial charge in [0, 0.05) is 9.99 Å². The van der Waals surface area contributed by atoms with Gasteiger partial charge in [-0.3, -0.25) is 4.79 Å². The van der Waals surface area contributed by atoms with Crippen molar-refractivity contribution < 1.29 is 4.79 Å². The number of nitrogens with zero attached hydrogens (tertiary/aromatic N) is 1. The Morgan fingerprint density at radius 2 is 2.25 bits per heavy atom. The van der Waals surface area contributed by atoms with E-state index in [9.17, 15) is 4.79 Å². The smallest absolute Gasteiger partial charge is 0.180 e. The lowest BCUT2D eigenvalue weighted by molar-refractivity contribution is 0.0983. The van der Waals surface area contributed by atoms with E-state index in [-0.39, 0.29) is 5.78 Å². The minimum absolute atomic E-state index is 0.106. The molecule has 0 aliphatic carbocycles. The Balaban J connectivity index is 3.05. The summed E-state index contributed by atoms with van der Waals surface area (Å²) in [7, 11) is 0. The number of ketones is 1. The molecule has 0 bridgehead atoms. The van der Waals surface area contributed by atoms with Crippen LogP contribution in [0.25, 0.3) is 0 Å². The first kappa shape index (κ1) is 9.64. The van der Waals surface area contributed by atoms with Crippen molar-refractivity contribution in [1.82, 2.24) is 4.98 Å². The molecular formula is C9H10INO. The second-order valence-electron chi connectivity index (χ2n) is 2.54. The lowest BCUT2D eigenvalue weighted by Crippen LogP contribution is -2.02. The Bertz CT molecular complexity index is 309. The highest BCUT2D eigenvalue weighted by Gasteiger charge is 2.05. The molecule has 0 aromatic carbocycles. The Morgan fingerprint density at radius 3 is 2.75 bits per heavy atom. The molecule has 0 aliphatic heterocycles. The maximum atomic E-state index is 11.2. The minimum Gasteiger partial charge on any atom is -0.292 e. The Hall–Kier alpha value is -0.450. The molecule has 0 radical (unpaired) electrons. The summed E-state index contributed by atoms with van der Waals surface area (Å²) in [4.78, 5) is 15.4. The lowest BCUT2D eigenvalue weighted by Gasteiger charge is -2.00. The van der Waals surface area contributed by atoms with Crippen LogP contribution in [0.5, 0.6) is 0 Å². The number of Topliss-reactive ketones (excluding diaryl/α,β-unsaturated/α-hetero) is 1. The van der Waals surface area contributed by atoms with Gasteiger partial charge in [-0.15, -0.1) is 0 Å². The molecule has 2 nitrogen and oxygen atoms in total. The highest BCUT2D eigenvalue weighted by atomic mass is 127. The molecule has 12 heavy (non-hydrogen) atoms. The summed E-state index contributed by atoms with van der Waals surface area (Å²) in [6, 6.07) is 3.70. The van der Waals surface area contributed by atoms with Gasteiger partial charge in [-0.1, -0.05) is 6.92 Å². The van der Waals surface area contributed by atoms with Crippen LogP contribution in [0.3, 0.4) is 0 Å². The third-order valence-electron chi connectivity index (χ3n) is 1.63. The van der Waals surface area contributed by atoms with Gasteiger partial charge in [0.2, 0.25) is 0 Å². The zero-order valence-electron chi connectivity index (χ0n) is 7.10. The van der Waals surface area contributed by atoms with E-state index < -0.39 is 0 Å². The van der Waals surface area contributed by atoms with Crippen molar-refractivity contribution in [3.8, 4) is 0 Å². The van der Waals surface area contributed by atoms with Crippen LogP contribution in [0.4, 0.5) is 0 Å². The van der Waals surface area contributed by atoms with Crippen molar-refractivity contribution in [1.29, 1.82) is 0 Å². The molecule has 0 amide bonds. The van der Waals surface area contributed by atoms with Crippen LogP contribution in [-0.4, -0.2) is 10.8 Å². The van der Waals surface area contributed by atoms with Crippen LogP contribution < -0.4 is 0 Å². The highest BCUT2D eigenvalue weighted by Crippen LogP contribution is 2.10. The molecule has 1 rings (SSSR count). The van der Waals surface area contributed by atoms with E-state index in [2.05, 4.69) is 27.6 Å². The van der Waals surface area contributed by atoms with Crippen LogP contribution >= 0.6 is 22.6 Å². The Labute approximate surface area is 85.5 Å². The number of rotatable bonds is 2. The SMILES string of the molecule is CCC(=O)c1ccc(I)c(C)n1. The topological polar surface area (TPSA) is 30.0 Å². The minimum atomic E-state index is 0.106. The largest absolute Gasteiger partial charge is 0.292 e. The number of hydrogen-bond acceptors (Lipinski definition) is 2. The number of carbonyl (C=O) groups is 1. The molecule has 3 heteroatoms. The third kappa shape index (κ3) is 2.03. The maximum Gasteiger partial charge on any atom is 0.180 e. The molecule has 1 aromatic rings. The monoisotopic (exact) mass is 275 g/mol. The van der Waals surface area contributed by atoms with Gasteiger partial charge >= 0.3 is 0 Å². The van der Waals surface area contributed by atoms with Crippen molar-refractivity contribution in [2.24, 2.45) is 0 Å². The number of hydrogen-bond donors (Lipinski definition) is 0. The molecule has 64 valence electrons. The first-order chi connectivity index (χ1) is 5.65. The summed E-state index contributed by atoms with van der Waals surface area (Å²) in [6.07, 6.45) is 0.521. The highest BCUT2D eigenvalue weighted by molar-refractivity contribution is 14.1. The predicted octanol–water partition coefficient (Wildman–Crippen LogP) is 2.59. The maximum absolute atomic E-state index is 11.2. The molecule has 0 saturated carbocycles. The van der Waals surface area contributed by atoms with Gasteiger partial charge in [-0.05, 0) is 41.6 Å². The number of aryl methyl sites for hydroxylation is 1. The Morgan fingerprint density at radius 1 is 1.58 bits per heavy atom. The molecule has 0 aliphatic rings. The van der Waals surface area contributed by atoms with Gasteiger partial charge in [-0.2, -0.15) is 0 Å². The molecule has 0 unspecified atom stereocenters. The molecule has 0 atom stereocenters. The first-order valence-electron chi connectivity index (χ1n) is 3.81. The van der Waals surface area contributed by atoms with Crippen LogP contribution in [0, 0.1) is 10.5 Å². The summed E-state index contributed by atoms with van der Waals surface area (Å²) in [5, 5.41) is 0. The summed E-state index contributed by atoms with van der Waals surface area (Å²) in [6.45, 7) is 3.76. The summed E-state index contributed by atoms with van der Waals surface area (Å²) in [5.74, 6) is 0.106. The van der Waals surface area contributed by atoms with Crippen LogP contribution in [0.1, 0.15) is 29.5 Å². The first-order valence-corrected chi connectivity index (χ1v) is 4.89. The van der Waals surface area contributed by atoms with Crippen molar-refractivity contribution in [2.45, 2.75) is 20.3 Å². The van der Waals surface area contributed by atoms with E-state index in [4.69, 9.17) is 0 Å². The van der Waals surface area contributed by atoms with Gasteiger partial charge < -0.3 is 0 Å². The fourth-order valence-corrected chi connectivity index (χ4v) is 1.18. The predicted molar refractivity (Wildman–Crippen MR) is 56.3 cm³/mol. The number of halogens is 1. The summed E-state index contributed by atoms with van der Waals surface area (Å²) < 4.78 is 1.10. The fourth-order valence-electron chi connectivity index (χ4n) is 0.880. The molecule has 0 saturated heterocycles. The zero-order valence-corrected chi connectivity index (χ0v) is 9.25. The van der Waals surface area contributed by atoms with Crippen molar-refractivity contribution >= 4 is 28.4 Å². The molecule has 0 spiro atoms. The summed E-state index contributed by atoms with van der Waals surface area (Å²) in [5.41, 5.74) is 1.50. The van der Waals surface area contributed by atoms with Crippen LogP contribution in [-0.2, 0) is 0 Å². The molecule has 1 heterocycles. The number of carbonyl (C=O) groups excluding carboxylic acids is 1. The number of pyridine rings is 1. The Kier molecular flexibility index (Phi) is 3.20. The van der Waals surface area contributed by atoms with Gasteiger partial charge in [0.15, 0.2) is 5.78 Å². The average Bonchev–Trinajstić information content (AvgIpc) is 2.08. The van der Waals surface area contributed by atoms with E-state index in [1.54, 1.807) is 6.07 Å². The molecular weight excluding hydrogens is 265 g/mol. The van der Waals surface area contributed by atoms with Gasteiger partial charge in [0.25, 0.3) is 0 Å². The van der Waals surface area contributed by atoms with Crippen molar-refractivity contribution in [2.75, 3.05) is 0 Å². The van der Waals surface area contributed by atoms with Crippen LogP contribution in [0.15, 0.2) is 12.1 Å². The second-order valence-corrected chi connectivity index (χ2v) is 3.70. The van der Waals surface area contributed by atoms with Crippen molar-refractivity contribution in [3.05, 3.63) is 27.1 Å². The molecule has 0 N–H and O–H groups in total. The summed E-state index contributed by atoms with van der Waals surface area (Å²) >= 11 is 2.20. The van der Waals surface area contributed by atoms with Gasteiger partial charge in [0.1, 0.15) is 5.69 Å². The van der Waals surface area contributed by atoms with E-state index in [0.29, 0.717) is 12.1 Å². The number of aromatic nitrogens is 1. The zero-order chi connectivity index (χ0) is 9.14. The quantitative estimate of drug-likeness (QED) is 0.613. The average molecular weight is 275 g/mol. The lowest BCUT2D eigenvalue weighted by atomic mass is 10.2. The van der Waals surface area contributed by atoms with Crippen molar-refractivity contribution in [3.63, 3.8) is 0 Å². The molecule has 0 fully saturated rings. The second kappa shape index (κ2) is 3.98. The standard InChI is InChI=1S/C9H10INO/c1-3-9(12)8-5-4-7(10)6(2)11-8/h4-5H,3H2,1-2H3. The van der Waals surface area contributed by atoms with E-state index >= 15 is 0 Å². The third-order valence-corrected chi connectivity index (χ3v) is 2.77. The van der Waals surface area contributed by atoms with Crippen LogP contribution in [0.2, 0.25) is 0 Å². The van der Waals surface area contributed by atoms with E-state index in [0.717, 1.165) is 9.26 Å². The van der Waals surface area contributed by atoms with Gasteiger partial charge in [0.05, 0.1) is 5.69 Å². The normalized spacial score (nSPS) is 9.92. The van der Waals surface area contributed by atoms with E-state index in [1.807, 2.05) is 19.9 Å². The van der Waals surface area contributed by atoms with E-state index in [1.165, 1.54) is 0 Å². The fraction of sp³-hybridized carbons (Fsp3) is 0.333. The van der Waals surface area contributed by atoms with Gasteiger partial charge in [-0.25, -0.2) is 4.98 Å².